The first-order valence-electron chi connectivity index (χ1n) is 55.0. The molecule has 8 bridgehead atoms. The lowest BCUT2D eigenvalue weighted by Gasteiger charge is -2.16. The first-order chi connectivity index (χ1) is 66.8. The number of hydrogen-bond donors (Lipinski definition) is 6. The number of hydrogen-bond acceptors (Lipinski definition) is 10. The van der Waals surface area contributed by atoms with Crippen LogP contribution in [-0.4, -0.2) is 90.7 Å². The molecule has 16 heteroatoms. The molecule has 746 valence electrons. The number of carboxylic acids is 4. The van der Waals surface area contributed by atoms with Crippen LogP contribution in [0.15, 0.2) is 103 Å². The Hall–Kier alpha value is -9.44. The van der Waals surface area contributed by atoms with Crippen LogP contribution in [-0.2, 0) is 0 Å². The van der Waals surface area contributed by atoms with Gasteiger partial charge in [0.25, 0.3) is 0 Å². The number of aromatic nitrogens is 4. The van der Waals surface area contributed by atoms with Crippen molar-refractivity contribution in [3.63, 3.8) is 0 Å². The van der Waals surface area contributed by atoms with E-state index >= 15 is 0 Å². The summed E-state index contributed by atoms with van der Waals surface area (Å²) in [6.07, 6.45) is 83.9. The number of nitrogens with one attached hydrogen (secondary N) is 2. The summed E-state index contributed by atoms with van der Waals surface area (Å²) < 4.78 is 25.9. The van der Waals surface area contributed by atoms with E-state index in [1.165, 1.54) is 308 Å². The van der Waals surface area contributed by atoms with E-state index in [0.29, 0.717) is 110 Å². The van der Waals surface area contributed by atoms with Crippen molar-refractivity contribution in [2.45, 2.75) is 439 Å². The molecule has 0 saturated carbocycles. The molecule has 136 heavy (non-hydrogen) atoms. The highest BCUT2D eigenvalue weighted by atomic mass is 16.5. The number of rotatable bonds is 80. The van der Waals surface area contributed by atoms with Crippen LogP contribution in [0.5, 0.6) is 23.0 Å². The SMILES string of the molecule is CCCCCCCCCCCCCCCCCCOc1ccc(C2=Cc3cc4ccc(cc5nc(cc6[nH]c(c(-c7ccc(OCCCCCCCCCCCCCCCCCC)c(C(=O)O)c7)c2n3)c(-c2ccc(OCCCCCCCCCCCCCCCCCC)c(C(=O)O)c2)c6-c2ccc(OCCCCCCCCCCCCCCCCCC)c(C(=O)O)c2)C=C5)[nH]4)cc1C(=O)O. The van der Waals surface area contributed by atoms with Crippen molar-refractivity contribution >= 4 is 69.7 Å². The number of carboxylic acid groups (broad SMARTS) is 4. The standard InChI is InChI=1S/C120H174N4O12/c1-5-9-13-17-21-25-29-33-37-41-45-49-53-57-61-65-81-133-108-77-69-93(85-103(108)117(125)126)102-91-101-90-99-74-73-97(121-99)89-98-75-76-100(122-98)92-107-112(94-70-78-109(104(86-94)118(127)128)134-82-66-62-58-54-50-46-42-38-34-30-26-22-18-14-10-6-2)113(95-71-79-110(105(87-95)119(129)130)135-83-67-63-59-55-51-47-43-39-35-31-27-23-19-15-11-7-3)116(124-107)114(115(102)123-101)96-72-80-111(106(88-96)120(131)132)136-84-68-64-60-56-52-48-44-40-36-32-28-24-20-16-12-8-4/h69-80,85-92,121,124H,5-68,81-84H2,1-4H3,(H,125,126)(H,127,128)(H,129,130)(H,131,132). The van der Waals surface area contributed by atoms with Crippen molar-refractivity contribution in [2.75, 3.05) is 26.4 Å². The van der Waals surface area contributed by atoms with Gasteiger partial charge in [0.05, 0.1) is 54.7 Å². The average molecular weight is 1860 g/mol. The quantitative estimate of drug-likeness (QED) is 0.0194. The summed E-state index contributed by atoms with van der Waals surface area (Å²) in [5.41, 5.74) is 7.20. The van der Waals surface area contributed by atoms with Gasteiger partial charge in [-0.25, -0.2) is 29.1 Å². The van der Waals surface area contributed by atoms with E-state index < -0.39 is 23.9 Å². The minimum Gasteiger partial charge on any atom is -0.493 e. The zero-order valence-electron chi connectivity index (χ0n) is 84.6. The van der Waals surface area contributed by atoms with Crippen molar-refractivity contribution in [1.82, 2.24) is 19.9 Å². The summed E-state index contributed by atoms with van der Waals surface area (Å²) in [7, 11) is 0. The Balaban J connectivity index is 1.09. The summed E-state index contributed by atoms with van der Waals surface area (Å²) in [4.78, 5) is 74.3. The van der Waals surface area contributed by atoms with Crippen molar-refractivity contribution < 1.29 is 58.6 Å². The normalized spacial score (nSPS) is 11.9. The molecule has 0 fully saturated rings. The number of H-pyrrole nitrogens is 2. The fourth-order valence-electron chi connectivity index (χ4n) is 19.6. The Morgan fingerprint density at radius 1 is 0.250 bits per heavy atom. The van der Waals surface area contributed by atoms with Gasteiger partial charge >= 0.3 is 23.9 Å². The fraction of sp³-hybridized carbons (Fsp3) is 0.600. The summed E-state index contributed by atoms with van der Waals surface area (Å²) in [6, 6.07) is 30.2. The predicted molar refractivity (Wildman–Crippen MR) is 568 cm³/mol. The molecule has 0 saturated heterocycles. The number of nitrogens with zero attached hydrogens (tertiary/aromatic N) is 2. The molecule has 9 rings (SSSR count). The molecule has 16 nitrogen and oxygen atoms in total. The van der Waals surface area contributed by atoms with E-state index in [2.05, 4.69) is 37.7 Å². The molecular formula is C120H174N4O12. The van der Waals surface area contributed by atoms with E-state index in [0.717, 1.165) is 108 Å². The van der Waals surface area contributed by atoms with Gasteiger partial charge in [-0.1, -0.05) is 437 Å². The third kappa shape index (κ3) is 40.5. The minimum atomic E-state index is -1.23. The molecule has 0 atom stereocenters. The first kappa shape index (κ1) is 110. The molecule has 0 aliphatic carbocycles. The highest BCUT2D eigenvalue weighted by molar-refractivity contribution is 6.13. The summed E-state index contributed by atoms with van der Waals surface area (Å²) in [6.45, 7) is 10.3. The maximum atomic E-state index is 14.2. The van der Waals surface area contributed by atoms with Crippen LogP contribution in [0, 0.1) is 0 Å². The Morgan fingerprint density at radius 2 is 0.493 bits per heavy atom. The molecule has 2 aliphatic rings. The van der Waals surface area contributed by atoms with Gasteiger partial charge in [-0.15, -0.1) is 0 Å². The minimum absolute atomic E-state index is 0.0544. The van der Waals surface area contributed by atoms with Gasteiger partial charge in [-0.2, -0.15) is 0 Å². The van der Waals surface area contributed by atoms with Gasteiger partial charge in [0.2, 0.25) is 0 Å². The van der Waals surface area contributed by atoms with E-state index in [4.69, 9.17) is 28.9 Å². The number of carbonyl (C=O) groups is 4. The highest BCUT2D eigenvalue weighted by Gasteiger charge is 2.30. The molecule has 0 radical (unpaired) electrons. The Morgan fingerprint density at radius 3 is 0.779 bits per heavy atom. The van der Waals surface area contributed by atoms with Crippen LogP contribution in [0.1, 0.15) is 508 Å². The summed E-state index contributed by atoms with van der Waals surface area (Å²) in [5, 5.41) is 45.9. The average Bonchev–Trinajstić information content (AvgIpc) is 1.57. The van der Waals surface area contributed by atoms with Crippen LogP contribution in [0.2, 0.25) is 0 Å². The predicted octanol–water partition coefficient (Wildman–Crippen LogP) is 36.4. The van der Waals surface area contributed by atoms with Crippen LogP contribution in [0.4, 0.5) is 0 Å². The lowest BCUT2D eigenvalue weighted by atomic mass is 9.89. The molecule has 5 heterocycles. The molecular weight excluding hydrogens is 1690 g/mol. The van der Waals surface area contributed by atoms with Gasteiger partial charge in [0.15, 0.2) is 0 Å². The Labute approximate surface area is 818 Å². The van der Waals surface area contributed by atoms with Gasteiger partial charge in [-0.05, 0) is 145 Å². The van der Waals surface area contributed by atoms with E-state index in [1.54, 1.807) is 48.5 Å². The number of aromatic amines is 2. The van der Waals surface area contributed by atoms with Gasteiger partial charge in [-0.3, -0.25) is 0 Å². The number of unbranched alkanes of at least 4 members (excludes halogenated alkanes) is 60. The lowest BCUT2D eigenvalue weighted by molar-refractivity contribution is 0.0681. The largest absolute Gasteiger partial charge is 0.493 e. The van der Waals surface area contributed by atoms with Crippen molar-refractivity contribution in [1.29, 1.82) is 0 Å². The van der Waals surface area contributed by atoms with Gasteiger partial charge in [0.1, 0.15) is 45.3 Å². The van der Waals surface area contributed by atoms with Gasteiger partial charge < -0.3 is 49.3 Å². The van der Waals surface area contributed by atoms with Crippen LogP contribution < -0.4 is 18.9 Å². The topological polar surface area (TPSA) is 243 Å². The van der Waals surface area contributed by atoms with Crippen LogP contribution in [0.25, 0.3) is 79.2 Å². The third-order valence-corrected chi connectivity index (χ3v) is 27.7. The number of fused-ring (bicyclic) bond motifs is 8. The Kier molecular flexibility index (Phi) is 54.3. The molecule has 3 aromatic heterocycles. The molecule has 4 aromatic carbocycles. The summed E-state index contributed by atoms with van der Waals surface area (Å²) >= 11 is 0. The maximum absolute atomic E-state index is 14.2. The van der Waals surface area contributed by atoms with Crippen molar-refractivity contribution in [3.8, 4) is 56.4 Å². The lowest BCUT2D eigenvalue weighted by Crippen LogP contribution is -2.06. The molecule has 7 aromatic rings. The second-order valence-electron chi connectivity index (χ2n) is 39.3. The number of aromatic carboxylic acids is 4. The Bertz CT molecular complexity index is 4850. The molecule has 6 N–H and O–H groups in total. The third-order valence-electron chi connectivity index (χ3n) is 27.7. The molecule has 2 aliphatic heterocycles. The maximum Gasteiger partial charge on any atom is 0.339 e. The van der Waals surface area contributed by atoms with Crippen LogP contribution >= 0.6 is 0 Å². The molecule has 0 spiro atoms. The summed E-state index contributed by atoms with van der Waals surface area (Å²) in [5.74, 6) is -4.08. The second-order valence-corrected chi connectivity index (χ2v) is 39.3. The number of benzene rings is 4. The highest BCUT2D eigenvalue weighted by Crippen LogP contribution is 2.49. The van der Waals surface area contributed by atoms with E-state index in [1.807, 2.05) is 72.8 Å². The monoisotopic (exact) mass is 1860 g/mol. The zero-order valence-corrected chi connectivity index (χ0v) is 84.6. The van der Waals surface area contributed by atoms with Crippen molar-refractivity contribution in [2.24, 2.45) is 0 Å². The smallest absolute Gasteiger partial charge is 0.339 e. The van der Waals surface area contributed by atoms with E-state index in [9.17, 15) is 39.6 Å². The van der Waals surface area contributed by atoms with E-state index in [-0.39, 0.29) is 45.3 Å². The first-order valence-corrected chi connectivity index (χ1v) is 55.0. The van der Waals surface area contributed by atoms with Gasteiger partial charge in [0, 0.05) is 38.8 Å². The van der Waals surface area contributed by atoms with Crippen LogP contribution in [0.3, 0.4) is 0 Å². The fourth-order valence-corrected chi connectivity index (χ4v) is 19.6. The number of ether oxygens (including phenoxy) is 4. The zero-order chi connectivity index (χ0) is 96.0. The van der Waals surface area contributed by atoms with Crippen molar-refractivity contribution in [3.05, 3.63) is 154 Å². The molecule has 0 amide bonds. The molecule has 0 unspecified atom stereocenters. The second kappa shape index (κ2) is 67.0.